The van der Waals surface area contributed by atoms with Gasteiger partial charge in [-0.3, -0.25) is 4.98 Å². The van der Waals surface area contributed by atoms with Gasteiger partial charge >= 0.3 is 0 Å². The van der Waals surface area contributed by atoms with Crippen LogP contribution >= 0.6 is 15.9 Å². The van der Waals surface area contributed by atoms with Crippen molar-refractivity contribution in [3.63, 3.8) is 0 Å². The lowest BCUT2D eigenvalue weighted by molar-refractivity contribution is 0.286. The largest absolute Gasteiger partial charge is 0.315 e. The molecule has 0 aliphatic rings. The molecule has 1 rings (SSSR count). The van der Waals surface area contributed by atoms with E-state index in [2.05, 4.69) is 66.1 Å². The first kappa shape index (κ1) is 14.7. The highest BCUT2D eigenvalue weighted by atomic mass is 79.9. The molecule has 1 unspecified atom stereocenters. The van der Waals surface area contributed by atoms with Crippen LogP contribution in [-0.4, -0.2) is 17.6 Å². The van der Waals surface area contributed by atoms with E-state index in [1.54, 1.807) is 0 Å². The van der Waals surface area contributed by atoms with Gasteiger partial charge in [0.1, 0.15) is 0 Å². The Labute approximate surface area is 113 Å². The van der Waals surface area contributed by atoms with Crippen LogP contribution in [-0.2, 0) is 6.42 Å². The van der Waals surface area contributed by atoms with Crippen LogP contribution in [0.1, 0.15) is 39.8 Å². The average Bonchev–Trinajstić information content (AvgIpc) is 2.20. The second kappa shape index (κ2) is 6.50. The molecule has 0 aliphatic heterocycles. The molecule has 0 radical (unpaired) electrons. The fourth-order valence-corrected chi connectivity index (χ4v) is 2.56. The van der Waals surface area contributed by atoms with Gasteiger partial charge in [0.2, 0.25) is 0 Å². The van der Waals surface area contributed by atoms with E-state index in [-0.39, 0.29) is 5.41 Å². The van der Waals surface area contributed by atoms with Crippen molar-refractivity contribution >= 4 is 15.9 Å². The first-order valence-corrected chi connectivity index (χ1v) is 7.06. The molecule has 0 fully saturated rings. The maximum absolute atomic E-state index is 4.45. The maximum Gasteiger partial charge on any atom is 0.0413 e. The van der Waals surface area contributed by atoms with Gasteiger partial charge in [-0.2, -0.15) is 0 Å². The Balaban J connectivity index is 2.56. The van der Waals surface area contributed by atoms with E-state index in [0.29, 0.717) is 6.04 Å². The minimum atomic E-state index is 0.280. The second-order valence-electron chi connectivity index (χ2n) is 5.47. The zero-order valence-electron chi connectivity index (χ0n) is 11.3. The molecule has 17 heavy (non-hydrogen) atoms. The van der Waals surface area contributed by atoms with E-state index in [1.165, 1.54) is 12.1 Å². The quantitative estimate of drug-likeness (QED) is 0.864. The van der Waals surface area contributed by atoms with Crippen LogP contribution in [0.3, 0.4) is 0 Å². The molecule has 1 aromatic heterocycles. The molecule has 0 amide bonds. The number of nitrogens with one attached hydrogen (secondary N) is 1. The molecule has 1 atom stereocenters. The summed E-state index contributed by atoms with van der Waals surface area (Å²) in [5.74, 6) is 0. The van der Waals surface area contributed by atoms with E-state index in [1.807, 2.05) is 6.20 Å². The number of hydrogen-bond acceptors (Lipinski definition) is 2. The van der Waals surface area contributed by atoms with Gasteiger partial charge in [-0.25, -0.2) is 0 Å². The summed E-state index contributed by atoms with van der Waals surface area (Å²) in [7, 11) is 0. The molecule has 1 aromatic rings. The highest BCUT2D eigenvalue weighted by Crippen LogP contribution is 2.27. The molecule has 0 saturated heterocycles. The van der Waals surface area contributed by atoms with Gasteiger partial charge in [-0.05, 0) is 59.8 Å². The van der Waals surface area contributed by atoms with Gasteiger partial charge in [0, 0.05) is 22.4 Å². The van der Waals surface area contributed by atoms with Crippen LogP contribution in [0.15, 0.2) is 22.8 Å². The van der Waals surface area contributed by atoms with E-state index in [0.717, 1.165) is 17.4 Å². The Morgan fingerprint density at radius 2 is 2.12 bits per heavy atom. The van der Waals surface area contributed by atoms with Crippen LogP contribution in [0, 0.1) is 5.41 Å². The number of aromatic nitrogens is 1. The van der Waals surface area contributed by atoms with Gasteiger partial charge < -0.3 is 5.32 Å². The summed E-state index contributed by atoms with van der Waals surface area (Å²) in [6.45, 7) is 10.1. The third kappa shape index (κ3) is 5.64. The highest BCUT2D eigenvalue weighted by molar-refractivity contribution is 9.10. The van der Waals surface area contributed by atoms with Crippen molar-refractivity contribution in [1.29, 1.82) is 0 Å². The average molecular weight is 299 g/mol. The molecule has 1 N–H and O–H groups in total. The Morgan fingerprint density at radius 3 is 2.65 bits per heavy atom. The maximum atomic E-state index is 4.45. The van der Waals surface area contributed by atoms with Crippen LogP contribution in [0.5, 0.6) is 0 Å². The molecule has 2 nitrogen and oxygen atoms in total. The first-order chi connectivity index (χ1) is 7.93. The minimum Gasteiger partial charge on any atom is -0.315 e. The van der Waals surface area contributed by atoms with Gasteiger partial charge in [-0.1, -0.05) is 20.8 Å². The number of hydrogen-bond donors (Lipinski definition) is 1. The van der Waals surface area contributed by atoms with Crippen LogP contribution in [0.2, 0.25) is 0 Å². The van der Waals surface area contributed by atoms with Crippen LogP contribution in [0.4, 0.5) is 0 Å². The topological polar surface area (TPSA) is 24.9 Å². The highest BCUT2D eigenvalue weighted by Gasteiger charge is 2.21. The number of halogens is 1. The summed E-state index contributed by atoms with van der Waals surface area (Å²) in [5, 5.41) is 3.47. The lowest BCUT2D eigenvalue weighted by Crippen LogP contribution is -2.32. The predicted molar refractivity (Wildman–Crippen MR) is 77.2 cm³/mol. The lowest BCUT2D eigenvalue weighted by Gasteiger charge is -2.28. The Bertz CT molecular complexity index is 333. The third-order valence-corrected chi connectivity index (χ3v) is 3.33. The van der Waals surface area contributed by atoms with Gasteiger partial charge in [0.05, 0.1) is 0 Å². The normalized spacial score (nSPS) is 13.7. The molecule has 0 aromatic carbocycles. The van der Waals surface area contributed by atoms with Gasteiger partial charge in [0.15, 0.2) is 0 Å². The van der Waals surface area contributed by atoms with E-state index in [9.17, 15) is 0 Å². The summed E-state index contributed by atoms with van der Waals surface area (Å²) < 4.78 is 1.04. The van der Waals surface area contributed by atoms with Crippen LogP contribution in [0.25, 0.3) is 0 Å². The van der Waals surface area contributed by atoms with Crippen molar-refractivity contribution in [1.82, 2.24) is 10.3 Å². The molecule has 1 heterocycles. The molecule has 0 spiro atoms. The minimum absolute atomic E-state index is 0.280. The zero-order chi connectivity index (χ0) is 12.9. The number of rotatable bonds is 6. The van der Waals surface area contributed by atoms with Crippen molar-refractivity contribution in [2.45, 2.75) is 46.6 Å². The van der Waals surface area contributed by atoms with Crippen LogP contribution < -0.4 is 5.32 Å². The molecular weight excluding hydrogens is 276 g/mol. The Morgan fingerprint density at radius 1 is 1.41 bits per heavy atom. The Kier molecular flexibility index (Phi) is 5.60. The first-order valence-electron chi connectivity index (χ1n) is 6.27. The van der Waals surface area contributed by atoms with Crippen molar-refractivity contribution in [2.75, 3.05) is 6.54 Å². The van der Waals surface area contributed by atoms with E-state index in [4.69, 9.17) is 0 Å². The fraction of sp³-hybridized carbons (Fsp3) is 0.643. The lowest BCUT2D eigenvalue weighted by atomic mass is 9.81. The standard InChI is InChI=1S/C14H23BrN2/c1-5-16-11(2)8-14(3,4)9-13-7-6-12(15)10-17-13/h6-7,10-11,16H,5,8-9H2,1-4H3. The summed E-state index contributed by atoms with van der Waals surface area (Å²) in [6, 6.07) is 4.72. The van der Waals surface area contributed by atoms with Crippen molar-refractivity contribution in [3.05, 3.63) is 28.5 Å². The molecule has 0 bridgehead atoms. The molecular formula is C14H23BrN2. The third-order valence-electron chi connectivity index (χ3n) is 2.86. The van der Waals surface area contributed by atoms with Crippen molar-refractivity contribution in [3.8, 4) is 0 Å². The SMILES string of the molecule is CCNC(C)CC(C)(C)Cc1ccc(Br)cn1. The molecule has 0 saturated carbocycles. The smallest absolute Gasteiger partial charge is 0.0413 e. The monoisotopic (exact) mass is 298 g/mol. The molecule has 3 heteroatoms. The van der Waals surface area contributed by atoms with E-state index < -0.39 is 0 Å². The summed E-state index contributed by atoms with van der Waals surface area (Å²) in [6.07, 6.45) is 4.06. The molecule has 96 valence electrons. The van der Waals surface area contributed by atoms with E-state index >= 15 is 0 Å². The Hall–Kier alpha value is -0.410. The van der Waals surface area contributed by atoms with Gasteiger partial charge in [-0.15, -0.1) is 0 Å². The predicted octanol–water partition coefficient (Wildman–Crippen LogP) is 3.80. The zero-order valence-corrected chi connectivity index (χ0v) is 12.8. The summed E-state index contributed by atoms with van der Waals surface area (Å²) in [4.78, 5) is 4.45. The van der Waals surface area contributed by atoms with Crippen molar-refractivity contribution in [2.24, 2.45) is 5.41 Å². The fourth-order valence-electron chi connectivity index (χ4n) is 2.32. The summed E-state index contributed by atoms with van der Waals surface area (Å²) >= 11 is 3.41. The number of nitrogens with zero attached hydrogens (tertiary/aromatic N) is 1. The van der Waals surface area contributed by atoms with Gasteiger partial charge in [0.25, 0.3) is 0 Å². The summed E-state index contributed by atoms with van der Waals surface area (Å²) in [5.41, 5.74) is 1.45. The van der Waals surface area contributed by atoms with Crippen molar-refractivity contribution < 1.29 is 0 Å². The second-order valence-corrected chi connectivity index (χ2v) is 6.39. The molecule has 0 aliphatic carbocycles. The number of pyridine rings is 1.